The lowest BCUT2D eigenvalue weighted by atomic mass is 10.1. The van der Waals surface area contributed by atoms with E-state index in [0.717, 1.165) is 19.3 Å². The van der Waals surface area contributed by atoms with Crippen LogP contribution >= 0.6 is 12.4 Å². The average molecular weight is 308 g/mol. The van der Waals surface area contributed by atoms with Crippen molar-refractivity contribution in [2.45, 2.75) is 71.4 Å². The molecule has 0 aromatic heterocycles. The normalized spacial score (nSPS) is 11.7. The van der Waals surface area contributed by atoms with Crippen molar-refractivity contribution in [3.05, 3.63) is 0 Å². The van der Waals surface area contributed by atoms with Gasteiger partial charge < -0.3 is 16.4 Å². The zero-order valence-electron chi connectivity index (χ0n) is 12.9. The molecule has 120 valence electrons. The number of hydrogen-bond donors (Lipinski definition) is 3. The third-order valence-electron chi connectivity index (χ3n) is 2.81. The Morgan fingerprint density at radius 3 is 2.05 bits per heavy atom. The summed E-state index contributed by atoms with van der Waals surface area (Å²) in [6, 6.07) is 0.217. The molecule has 0 radical (unpaired) electrons. The van der Waals surface area contributed by atoms with Crippen LogP contribution in [-0.4, -0.2) is 30.4 Å². The van der Waals surface area contributed by atoms with E-state index in [1.54, 1.807) is 0 Å². The van der Waals surface area contributed by atoms with E-state index in [1.165, 1.54) is 0 Å². The van der Waals surface area contributed by atoms with E-state index in [1.807, 2.05) is 13.8 Å². The van der Waals surface area contributed by atoms with Crippen molar-refractivity contribution in [2.75, 3.05) is 6.54 Å². The number of nitrogens with one attached hydrogen (secondary N) is 2. The minimum atomic E-state index is -0.0103. The van der Waals surface area contributed by atoms with Gasteiger partial charge in [0.25, 0.3) is 0 Å². The highest BCUT2D eigenvalue weighted by molar-refractivity contribution is 5.85. The van der Waals surface area contributed by atoms with E-state index in [0.29, 0.717) is 25.8 Å². The third-order valence-corrected chi connectivity index (χ3v) is 2.81. The number of unbranched alkanes of at least 4 members (excludes halogenated alkanes) is 1. The highest BCUT2D eigenvalue weighted by Crippen LogP contribution is 2.01. The van der Waals surface area contributed by atoms with Gasteiger partial charge in [-0.2, -0.15) is 0 Å². The van der Waals surface area contributed by atoms with Crippen molar-refractivity contribution in [2.24, 2.45) is 5.73 Å². The molecule has 0 aliphatic carbocycles. The molecule has 0 aliphatic heterocycles. The van der Waals surface area contributed by atoms with Gasteiger partial charge in [0.1, 0.15) is 0 Å². The maximum Gasteiger partial charge on any atom is 0.220 e. The van der Waals surface area contributed by atoms with E-state index in [-0.39, 0.29) is 36.3 Å². The summed E-state index contributed by atoms with van der Waals surface area (Å²) < 4.78 is 0. The molecule has 0 aromatic carbocycles. The van der Waals surface area contributed by atoms with Crippen LogP contribution in [0.2, 0.25) is 0 Å². The Morgan fingerprint density at radius 1 is 1.05 bits per heavy atom. The van der Waals surface area contributed by atoms with E-state index in [2.05, 4.69) is 17.6 Å². The van der Waals surface area contributed by atoms with Gasteiger partial charge in [-0.15, -0.1) is 12.4 Å². The molecule has 0 heterocycles. The lowest BCUT2D eigenvalue weighted by Crippen LogP contribution is -2.40. The predicted octanol–water partition coefficient (Wildman–Crippen LogP) is 1.74. The number of hydrogen-bond acceptors (Lipinski definition) is 3. The maximum absolute atomic E-state index is 11.7. The van der Waals surface area contributed by atoms with Crippen molar-refractivity contribution in [3.8, 4) is 0 Å². The number of amides is 2. The predicted molar refractivity (Wildman–Crippen MR) is 84.9 cm³/mol. The highest BCUT2D eigenvalue weighted by atomic mass is 35.5. The molecule has 2 amide bonds. The Balaban J connectivity index is 0. The fraction of sp³-hybridized carbons (Fsp3) is 0.857. The summed E-state index contributed by atoms with van der Waals surface area (Å²) in [5, 5.41) is 5.73. The monoisotopic (exact) mass is 307 g/mol. The van der Waals surface area contributed by atoms with Crippen LogP contribution in [-0.2, 0) is 9.59 Å². The van der Waals surface area contributed by atoms with E-state index in [9.17, 15) is 9.59 Å². The molecule has 1 unspecified atom stereocenters. The molecule has 0 aromatic rings. The van der Waals surface area contributed by atoms with Crippen molar-refractivity contribution in [1.82, 2.24) is 10.6 Å². The van der Waals surface area contributed by atoms with Crippen LogP contribution in [0.3, 0.4) is 0 Å². The van der Waals surface area contributed by atoms with Gasteiger partial charge in [0.15, 0.2) is 0 Å². The number of nitrogens with two attached hydrogens (primary N) is 1. The molecule has 0 fully saturated rings. The van der Waals surface area contributed by atoms with Crippen LogP contribution in [0.15, 0.2) is 0 Å². The first-order chi connectivity index (χ1) is 8.99. The zero-order valence-corrected chi connectivity index (χ0v) is 13.7. The Bertz CT molecular complexity index is 273. The molecule has 0 spiro atoms. The second-order valence-corrected chi connectivity index (χ2v) is 5.22. The van der Waals surface area contributed by atoms with Gasteiger partial charge in [0.05, 0.1) is 0 Å². The average Bonchev–Trinajstić information content (AvgIpc) is 2.33. The quantitative estimate of drug-likeness (QED) is 0.575. The van der Waals surface area contributed by atoms with Crippen LogP contribution in [0, 0.1) is 0 Å². The molecule has 0 bridgehead atoms. The van der Waals surface area contributed by atoms with Crippen LogP contribution in [0.4, 0.5) is 0 Å². The summed E-state index contributed by atoms with van der Waals surface area (Å²) in [4.78, 5) is 23.1. The van der Waals surface area contributed by atoms with Crippen LogP contribution < -0.4 is 16.4 Å². The van der Waals surface area contributed by atoms with Gasteiger partial charge in [0.2, 0.25) is 11.8 Å². The number of halogens is 1. The van der Waals surface area contributed by atoms with Gasteiger partial charge in [-0.3, -0.25) is 9.59 Å². The van der Waals surface area contributed by atoms with Crippen LogP contribution in [0.1, 0.15) is 59.3 Å². The summed E-state index contributed by atoms with van der Waals surface area (Å²) in [6.45, 7) is 6.43. The first kappa shape index (κ1) is 21.5. The van der Waals surface area contributed by atoms with E-state index >= 15 is 0 Å². The molecule has 0 aliphatic rings. The molecular formula is C14H30ClN3O2. The van der Waals surface area contributed by atoms with Crippen LogP contribution in [0.5, 0.6) is 0 Å². The number of carbonyl (C=O) groups is 2. The molecule has 0 saturated heterocycles. The molecular weight excluding hydrogens is 278 g/mol. The fourth-order valence-corrected chi connectivity index (χ4v) is 1.80. The fourth-order valence-electron chi connectivity index (χ4n) is 1.80. The molecule has 0 saturated carbocycles. The first-order valence-corrected chi connectivity index (χ1v) is 7.28. The Kier molecular flexibility index (Phi) is 14.2. The molecule has 0 rings (SSSR count). The minimum absolute atomic E-state index is 0. The summed E-state index contributed by atoms with van der Waals surface area (Å²) in [5.41, 5.74) is 5.61. The first-order valence-electron chi connectivity index (χ1n) is 7.28. The molecule has 6 heteroatoms. The molecule has 4 N–H and O–H groups in total. The second-order valence-electron chi connectivity index (χ2n) is 5.22. The summed E-state index contributed by atoms with van der Waals surface area (Å²) in [7, 11) is 0. The largest absolute Gasteiger partial charge is 0.354 e. The van der Waals surface area contributed by atoms with Crippen molar-refractivity contribution in [3.63, 3.8) is 0 Å². The Hall–Kier alpha value is -0.810. The van der Waals surface area contributed by atoms with Gasteiger partial charge >= 0.3 is 0 Å². The standard InChI is InChI=1S/C14H29N3O2.ClH/c1-4-5-7-12(10-15)17-14(19)9-6-8-13(18)16-11(2)3;/h11-12H,4-10,15H2,1-3H3,(H,16,18)(H,17,19);1H. The topological polar surface area (TPSA) is 84.2 Å². The molecule has 20 heavy (non-hydrogen) atoms. The number of carbonyl (C=O) groups excluding carboxylic acids is 2. The molecule has 1 atom stereocenters. The van der Waals surface area contributed by atoms with Crippen molar-refractivity contribution in [1.29, 1.82) is 0 Å². The Labute approximate surface area is 128 Å². The van der Waals surface area contributed by atoms with Gasteiger partial charge in [-0.05, 0) is 26.7 Å². The summed E-state index contributed by atoms with van der Waals surface area (Å²) in [5.74, 6) is -0.00643. The van der Waals surface area contributed by atoms with Gasteiger partial charge in [-0.25, -0.2) is 0 Å². The van der Waals surface area contributed by atoms with E-state index in [4.69, 9.17) is 5.73 Å². The van der Waals surface area contributed by atoms with Crippen molar-refractivity contribution < 1.29 is 9.59 Å². The second kappa shape index (κ2) is 13.2. The van der Waals surface area contributed by atoms with Gasteiger partial charge in [-0.1, -0.05) is 19.8 Å². The van der Waals surface area contributed by atoms with E-state index < -0.39 is 0 Å². The summed E-state index contributed by atoms with van der Waals surface area (Å²) >= 11 is 0. The third kappa shape index (κ3) is 12.2. The Morgan fingerprint density at radius 2 is 1.60 bits per heavy atom. The lowest BCUT2D eigenvalue weighted by Gasteiger charge is -2.16. The lowest BCUT2D eigenvalue weighted by molar-refractivity contribution is -0.123. The zero-order chi connectivity index (χ0) is 14.7. The van der Waals surface area contributed by atoms with Gasteiger partial charge in [0, 0.05) is 31.5 Å². The molecule has 5 nitrogen and oxygen atoms in total. The van der Waals surface area contributed by atoms with Crippen molar-refractivity contribution >= 4 is 24.2 Å². The smallest absolute Gasteiger partial charge is 0.220 e. The summed E-state index contributed by atoms with van der Waals surface area (Å²) in [6.07, 6.45) is 4.45. The SMILES string of the molecule is CCCCC(CN)NC(=O)CCCC(=O)NC(C)C.Cl. The highest BCUT2D eigenvalue weighted by Gasteiger charge is 2.11. The number of rotatable bonds is 10. The maximum atomic E-state index is 11.7. The minimum Gasteiger partial charge on any atom is -0.354 e. The van der Waals surface area contributed by atoms with Crippen LogP contribution in [0.25, 0.3) is 0 Å².